The number of hydrogen-bond acceptors (Lipinski definition) is 5. The third kappa shape index (κ3) is 3.61. The minimum atomic E-state index is -0.910. The van der Waals surface area contributed by atoms with Gasteiger partial charge in [-0.15, -0.1) is 0 Å². The fourth-order valence-corrected chi connectivity index (χ4v) is 3.80. The molecular formula is C19H21ClFN5O. The summed E-state index contributed by atoms with van der Waals surface area (Å²) in [6.45, 7) is 1.79. The van der Waals surface area contributed by atoms with Crippen LogP contribution in [0, 0.1) is 5.82 Å². The molecule has 1 aliphatic rings. The summed E-state index contributed by atoms with van der Waals surface area (Å²) < 4.78 is 14.4. The highest BCUT2D eigenvalue weighted by atomic mass is 35.5. The van der Waals surface area contributed by atoms with Crippen molar-refractivity contribution in [3.05, 3.63) is 35.5 Å². The lowest BCUT2D eigenvalue weighted by Gasteiger charge is -2.32. The molecule has 4 rings (SSSR count). The smallest absolute Gasteiger partial charge is 0.183 e. The second-order valence-electron chi connectivity index (χ2n) is 7.30. The average Bonchev–Trinajstić information content (AvgIpc) is 2.96. The van der Waals surface area contributed by atoms with Crippen LogP contribution in [0.4, 0.5) is 10.2 Å². The molecule has 1 fully saturated rings. The SMILES string of the molecule is CC1(O)CCCCCC1Nc1nc(-c2c[nH]c3ncc(Cl)cc23)ncc1F. The lowest BCUT2D eigenvalue weighted by Crippen LogP contribution is -2.44. The number of rotatable bonds is 3. The van der Waals surface area contributed by atoms with E-state index in [0.717, 1.165) is 37.3 Å². The van der Waals surface area contributed by atoms with Crippen molar-refractivity contribution < 1.29 is 9.50 Å². The topological polar surface area (TPSA) is 86.7 Å². The van der Waals surface area contributed by atoms with Crippen molar-refractivity contribution in [1.29, 1.82) is 0 Å². The molecule has 2 unspecified atom stereocenters. The molecule has 0 amide bonds. The Hall–Kier alpha value is -2.25. The summed E-state index contributed by atoms with van der Waals surface area (Å²) in [7, 11) is 0. The number of H-pyrrole nitrogens is 1. The zero-order valence-corrected chi connectivity index (χ0v) is 15.7. The number of aliphatic hydroxyl groups is 1. The van der Waals surface area contributed by atoms with E-state index >= 15 is 0 Å². The van der Waals surface area contributed by atoms with E-state index in [-0.39, 0.29) is 11.9 Å². The number of aromatic nitrogens is 4. The van der Waals surface area contributed by atoms with Crippen LogP contribution in [0.25, 0.3) is 22.4 Å². The Balaban J connectivity index is 1.70. The van der Waals surface area contributed by atoms with Crippen LogP contribution < -0.4 is 5.32 Å². The first-order valence-electron chi connectivity index (χ1n) is 9.08. The molecule has 0 bridgehead atoms. The van der Waals surface area contributed by atoms with Gasteiger partial charge in [0.1, 0.15) is 5.65 Å². The first-order valence-corrected chi connectivity index (χ1v) is 9.46. The minimum absolute atomic E-state index is 0.0940. The summed E-state index contributed by atoms with van der Waals surface area (Å²) in [5, 5.41) is 15.1. The first-order chi connectivity index (χ1) is 12.9. The van der Waals surface area contributed by atoms with Gasteiger partial charge < -0.3 is 15.4 Å². The fraction of sp³-hybridized carbons (Fsp3) is 0.421. The quantitative estimate of drug-likeness (QED) is 0.581. The molecule has 3 N–H and O–H groups in total. The molecule has 3 aromatic heterocycles. The van der Waals surface area contributed by atoms with Crippen molar-refractivity contribution in [1.82, 2.24) is 19.9 Å². The number of nitrogens with zero attached hydrogens (tertiary/aromatic N) is 3. The Bertz CT molecular complexity index is 974. The molecule has 1 saturated carbocycles. The third-order valence-electron chi connectivity index (χ3n) is 5.22. The zero-order valence-electron chi connectivity index (χ0n) is 15.0. The Morgan fingerprint density at radius 3 is 3.00 bits per heavy atom. The Morgan fingerprint density at radius 1 is 1.30 bits per heavy atom. The van der Waals surface area contributed by atoms with Gasteiger partial charge >= 0.3 is 0 Å². The van der Waals surface area contributed by atoms with Gasteiger partial charge in [-0.25, -0.2) is 19.3 Å². The highest BCUT2D eigenvalue weighted by Gasteiger charge is 2.33. The molecule has 0 radical (unpaired) electrons. The van der Waals surface area contributed by atoms with E-state index in [4.69, 9.17) is 11.6 Å². The van der Waals surface area contributed by atoms with E-state index in [2.05, 4.69) is 25.3 Å². The normalized spacial score (nSPS) is 23.3. The van der Waals surface area contributed by atoms with Gasteiger partial charge in [-0.3, -0.25) is 0 Å². The second-order valence-corrected chi connectivity index (χ2v) is 7.73. The van der Waals surface area contributed by atoms with Crippen molar-refractivity contribution in [3.8, 4) is 11.4 Å². The van der Waals surface area contributed by atoms with Crippen molar-refractivity contribution in [2.24, 2.45) is 0 Å². The number of hydrogen-bond donors (Lipinski definition) is 3. The van der Waals surface area contributed by atoms with Crippen molar-refractivity contribution in [2.45, 2.75) is 50.7 Å². The summed E-state index contributed by atoms with van der Waals surface area (Å²) in [5.74, 6) is -0.0891. The summed E-state index contributed by atoms with van der Waals surface area (Å²) >= 11 is 6.05. The van der Waals surface area contributed by atoms with Gasteiger partial charge in [-0.1, -0.05) is 30.9 Å². The molecule has 2 atom stereocenters. The van der Waals surface area contributed by atoms with Gasteiger partial charge in [0.2, 0.25) is 0 Å². The minimum Gasteiger partial charge on any atom is -0.388 e. The maximum atomic E-state index is 14.4. The number of anilines is 1. The summed E-state index contributed by atoms with van der Waals surface area (Å²) in [5.41, 5.74) is 0.436. The fourth-order valence-electron chi connectivity index (χ4n) is 3.65. The standard InChI is InChI=1S/C19H21ClFN5O/c1-19(27)6-4-2-3-5-15(19)25-18-14(21)10-24-17(26-18)13-9-23-16-12(13)7-11(20)8-22-16/h7-10,15,27H,2-6H2,1H3,(H,22,23)(H,24,25,26). The van der Waals surface area contributed by atoms with E-state index in [9.17, 15) is 9.50 Å². The predicted molar refractivity (Wildman–Crippen MR) is 103 cm³/mol. The van der Waals surface area contributed by atoms with Crippen LogP contribution >= 0.6 is 11.6 Å². The molecule has 0 spiro atoms. The first kappa shape index (κ1) is 18.1. The van der Waals surface area contributed by atoms with Crippen LogP contribution in [-0.2, 0) is 0 Å². The van der Waals surface area contributed by atoms with Crippen molar-refractivity contribution >= 4 is 28.5 Å². The van der Waals surface area contributed by atoms with Gasteiger partial charge in [-0.05, 0) is 25.8 Å². The van der Waals surface area contributed by atoms with Crippen LogP contribution in [0.15, 0.2) is 24.7 Å². The van der Waals surface area contributed by atoms with Gasteiger partial charge in [0.05, 0.1) is 22.9 Å². The largest absolute Gasteiger partial charge is 0.388 e. The second kappa shape index (κ2) is 7.05. The van der Waals surface area contributed by atoms with Crippen LogP contribution in [0.5, 0.6) is 0 Å². The summed E-state index contributed by atoms with van der Waals surface area (Å²) in [4.78, 5) is 15.8. The molecule has 1 aliphatic carbocycles. The monoisotopic (exact) mass is 389 g/mol. The van der Waals surface area contributed by atoms with E-state index in [0.29, 0.717) is 28.5 Å². The number of pyridine rings is 1. The number of fused-ring (bicyclic) bond motifs is 1. The van der Waals surface area contributed by atoms with Gasteiger partial charge in [-0.2, -0.15) is 0 Å². The highest BCUT2D eigenvalue weighted by Crippen LogP contribution is 2.31. The van der Waals surface area contributed by atoms with Crippen molar-refractivity contribution in [2.75, 3.05) is 5.32 Å². The number of halogens is 2. The zero-order chi connectivity index (χ0) is 19.0. The maximum Gasteiger partial charge on any atom is 0.183 e. The van der Waals surface area contributed by atoms with E-state index in [1.165, 1.54) is 0 Å². The molecule has 6 nitrogen and oxygen atoms in total. The van der Waals surface area contributed by atoms with E-state index < -0.39 is 11.4 Å². The lowest BCUT2D eigenvalue weighted by atomic mass is 9.91. The maximum absolute atomic E-state index is 14.4. The van der Waals surface area contributed by atoms with Crippen molar-refractivity contribution in [3.63, 3.8) is 0 Å². The number of aromatic amines is 1. The summed E-state index contributed by atoms with van der Waals surface area (Å²) in [6, 6.07) is 1.50. The molecule has 27 heavy (non-hydrogen) atoms. The van der Waals surface area contributed by atoms with Gasteiger partial charge in [0, 0.05) is 23.3 Å². The third-order valence-corrected chi connectivity index (χ3v) is 5.43. The van der Waals surface area contributed by atoms with Crippen LogP contribution in [0.3, 0.4) is 0 Å². The van der Waals surface area contributed by atoms with Gasteiger partial charge in [0.25, 0.3) is 0 Å². The Kier molecular flexibility index (Phi) is 4.74. The van der Waals surface area contributed by atoms with E-state index in [1.807, 2.05) is 0 Å². The average molecular weight is 390 g/mol. The van der Waals surface area contributed by atoms with Crippen LogP contribution in [0.1, 0.15) is 39.0 Å². The summed E-state index contributed by atoms with van der Waals surface area (Å²) in [6.07, 6.45) is 8.88. The molecule has 0 aliphatic heterocycles. The van der Waals surface area contributed by atoms with Crippen LogP contribution in [-0.4, -0.2) is 36.7 Å². The molecule has 0 saturated heterocycles. The molecular weight excluding hydrogens is 369 g/mol. The predicted octanol–water partition coefficient (Wildman–Crippen LogP) is 4.31. The number of nitrogens with one attached hydrogen (secondary N) is 2. The molecule has 0 aromatic carbocycles. The van der Waals surface area contributed by atoms with E-state index in [1.54, 1.807) is 25.4 Å². The molecule has 3 aromatic rings. The lowest BCUT2D eigenvalue weighted by molar-refractivity contribution is 0.0328. The molecule has 142 valence electrons. The van der Waals surface area contributed by atoms with Gasteiger partial charge in [0.15, 0.2) is 17.5 Å². The Morgan fingerprint density at radius 2 is 2.15 bits per heavy atom. The Labute approximate surface area is 161 Å². The van der Waals surface area contributed by atoms with Crippen LogP contribution in [0.2, 0.25) is 5.02 Å². The molecule has 8 heteroatoms. The molecule has 3 heterocycles. The highest BCUT2D eigenvalue weighted by molar-refractivity contribution is 6.31.